The highest BCUT2D eigenvalue weighted by molar-refractivity contribution is 5.06. The molecule has 0 aromatic heterocycles. The van der Waals surface area contributed by atoms with Gasteiger partial charge in [0.05, 0.1) is 0 Å². The van der Waals surface area contributed by atoms with Crippen LogP contribution in [0.25, 0.3) is 0 Å². The lowest BCUT2D eigenvalue weighted by Gasteiger charge is -2.28. The molecule has 1 aliphatic rings. The monoisotopic (exact) mass is 166 g/mol. The van der Waals surface area contributed by atoms with Crippen molar-refractivity contribution >= 4 is 0 Å². The van der Waals surface area contributed by atoms with Crippen LogP contribution >= 0.6 is 0 Å². The molecule has 0 spiro atoms. The average molecular weight is 166 g/mol. The van der Waals surface area contributed by atoms with Crippen molar-refractivity contribution < 1.29 is 0 Å². The Morgan fingerprint density at radius 1 is 1.50 bits per heavy atom. The maximum absolute atomic E-state index is 2.47. The molecule has 0 heterocycles. The summed E-state index contributed by atoms with van der Waals surface area (Å²) in [5.74, 6) is 2.64. The Hall–Kier alpha value is -0.260. The third-order valence-corrected chi connectivity index (χ3v) is 2.97. The van der Waals surface area contributed by atoms with E-state index in [1.165, 1.54) is 19.3 Å². The fourth-order valence-electron chi connectivity index (χ4n) is 2.28. The number of rotatable bonds is 2. The minimum atomic E-state index is 0.821. The summed E-state index contributed by atoms with van der Waals surface area (Å²) in [5.41, 5.74) is 1.60. The van der Waals surface area contributed by atoms with Crippen LogP contribution in [0.4, 0.5) is 0 Å². The van der Waals surface area contributed by atoms with Crippen molar-refractivity contribution in [2.24, 2.45) is 17.8 Å². The molecule has 0 radical (unpaired) electrons. The molecule has 70 valence electrons. The van der Waals surface area contributed by atoms with Gasteiger partial charge < -0.3 is 0 Å². The molecule has 0 bridgehead atoms. The first-order chi connectivity index (χ1) is 5.59. The van der Waals surface area contributed by atoms with Crippen molar-refractivity contribution in [3.63, 3.8) is 0 Å². The van der Waals surface area contributed by atoms with E-state index in [2.05, 4.69) is 33.8 Å². The molecule has 2 unspecified atom stereocenters. The first-order valence-corrected chi connectivity index (χ1v) is 5.27. The zero-order chi connectivity index (χ0) is 9.14. The predicted octanol–water partition coefficient (Wildman–Crippen LogP) is 4.02. The van der Waals surface area contributed by atoms with Gasteiger partial charge in [-0.2, -0.15) is 0 Å². The van der Waals surface area contributed by atoms with Crippen molar-refractivity contribution in [2.75, 3.05) is 0 Å². The van der Waals surface area contributed by atoms with Crippen molar-refractivity contribution in [3.8, 4) is 0 Å². The molecular weight excluding hydrogens is 144 g/mol. The summed E-state index contributed by atoms with van der Waals surface area (Å²) in [6.07, 6.45) is 6.63. The Morgan fingerprint density at radius 2 is 2.17 bits per heavy atom. The Balaban J connectivity index is 2.47. The van der Waals surface area contributed by atoms with Crippen LogP contribution in [-0.4, -0.2) is 0 Å². The van der Waals surface area contributed by atoms with Gasteiger partial charge in [-0.3, -0.25) is 0 Å². The Morgan fingerprint density at radius 3 is 2.67 bits per heavy atom. The molecule has 1 aliphatic carbocycles. The lowest BCUT2D eigenvalue weighted by Crippen LogP contribution is -2.16. The third-order valence-electron chi connectivity index (χ3n) is 2.97. The predicted molar refractivity (Wildman–Crippen MR) is 55.1 cm³/mol. The highest BCUT2D eigenvalue weighted by Crippen LogP contribution is 2.32. The molecule has 0 saturated heterocycles. The SMILES string of the molecule is CC1=CC(C)C(CC(C)C)CC1. The van der Waals surface area contributed by atoms with E-state index < -0.39 is 0 Å². The van der Waals surface area contributed by atoms with Gasteiger partial charge in [0, 0.05) is 0 Å². The van der Waals surface area contributed by atoms with Crippen LogP contribution in [0, 0.1) is 17.8 Å². The molecule has 0 aliphatic heterocycles. The van der Waals surface area contributed by atoms with Gasteiger partial charge in [0.25, 0.3) is 0 Å². The molecule has 0 saturated carbocycles. The lowest BCUT2D eigenvalue weighted by atomic mass is 9.78. The summed E-state index contributed by atoms with van der Waals surface area (Å²) in [6.45, 7) is 9.30. The van der Waals surface area contributed by atoms with Crippen LogP contribution in [0.2, 0.25) is 0 Å². The quantitative estimate of drug-likeness (QED) is 0.543. The maximum atomic E-state index is 2.47. The number of hydrogen-bond donors (Lipinski definition) is 0. The fourth-order valence-corrected chi connectivity index (χ4v) is 2.28. The first kappa shape index (κ1) is 9.83. The zero-order valence-corrected chi connectivity index (χ0v) is 8.93. The van der Waals surface area contributed by atoms with Gasteiger partial charge in [-0.1, -0.05) is 32.4 Å². The molecule has 0 amide bonds. The lowest BCUT2D eigenvalue weighted by molar-refractivity contribution is 0.307. The molecule has 0 aromatic rings. The van der Waals surface area contributed by atoms with E-state index in [1.54, 1.807) is 5.57 Å². The van der Waals surface area contributed by atoms with E-state index >= 15 is 0 Å². The van der Waals surface area contributed by atoms with Gasteiger partial charge in [0.15, 0.2) is 0 Å². The average Bonchev–Trinajstić information content (AvgIpc) is 1.94. The van der Waals surface area contributed by atoms with E-state index in [1.807, 2.05) is 0 Å². The van der Waals surface area contributed by atoms with Crippen LogP contribution in [0.3, 0.4) is 0 Å². The van der Waals surface area contributed by atoms with Crippen LogP contribution < -0.4 is 0 Å². The molecule has 0 N–H and O–H groups in total. The minimum absolute atomic E-state index is 0.821. The number of allylic oxidation sites excluding steroid dienone is 2. The largest absolute Gasteiger partial charge is 0.0825 e. The Bertz CT molecular complexity index is 165. The van der Waals surface area contributed by atoms with Crippen molar-refractivity contribution in [1.82, 2.24) is 0 Å². The van der Waals surface area contributed by atoms with E-state index in [-0.39, 0.29) is 0 Å². The summed E-state index contributed by atoms with van der Waals surface area (Å²) in [6, 6.07) is 0. The molecule has 0 heteroatoms. The number of hydrogen-bond acceptors (Lipinski definition) is 0. The Labute approximate surface area is 77.1 Å². The zero-order valence-electron chi connectivity index (χ0n) is 8.93. The molecule has 12 heavy (non-hydrogen) atoms. The molecule has 0 aromatic carbocycles. The van der Waals surface area contributed by atoms with E-state index in [0.29, 0.717) is 0 Å². The second-order valence-electron chi connectivity index (χ2n) is 4.80. The standard InChI is InChI=1S/C12H22/c1-9(2)7-12-6-5-10(3)8-11(12)4/h8-9,11-12H,5-7H2,1-4H3. The van der Waals surface area contributed by atoms with E-state index in [0.717, 1.165) is 17.8 Å². The van der Waals surface area contributed by atoms with Gasteiger partial charge in [-0.15, -0.1) is 0 Å². The summed E-state index contributed by atoms with van der Waals surface area (Å²) in [4.78, 5) is 0. The van der Waals surface area contributed by atoms with Gasteiger partial charge >= 0.3 is 0 Å². The molecule has 2 atom stereocenters. The normalized spacial score (nSPS) is 30.6. The van der Waals surface area contributed by atoms with Crippen molar-refractivity contribution in [1.29, 1.82) is 0 Å². The highest BCUT2D eigenvalue weighted by Gasteiger charge is 2.20. The summed E-state index contributed by atoms with van der Waals surface area (Å²) < 4.78 is 0. The summed E-state index contributed by atoms with van der Waals surface area (Å²) >= 11 is 0. The molecule has 0 nitrogen and oxygen atoms in total. The maximum Gasteiger partial charge on any atom is -0.0231 e. The summed E-state index contributed by atoms with van der Waals surface area (Å²) in [7, 11) is 0. The smallest absolute Gasteiger partial charge is 0.0231 e. The fraction of sp³-hybridized carbons (Fsp3) is 0.833. The van der Waals surface area contributed by atoms with Gasteiger partial charge in [0.1, 0.15) is 0 Å². The van der Waals surface area contributed by atoms with Crippen LogP contribution in [0.15, 0.2) is 11.6 Å². The first-order valence-electron chi connectivity index (χ1n) is 5.27. The van der Waals surface area contributed by atoms with Crippen LogP contribution in [0.5, 0.6) is 0 Å². The molecule has 1 rings (SSSR count). The Kier molecular flexibility index (Phi) is 3.37. The summed E-state index contributed by atoms with van der Waals surface area (Å²) in [5, 5.41) is 0. The minimum Gasteiger partial charge on any atom is -0.0825 e. The van der Waals surface area contributed by atoms with Crippen molar-refractivity contribution in [2.45, 2.75) is 47.0 Å². The second-order valence-corrected chi connectivity index (χ2v) is 4.80. The van der Waals surface area contributed by atoms with E-state index in [9.17, 15) is 0 Å². The molecule has 0 fully saturated rings. The van der Waals surface area contributed by atoms with Crippen molar-refractivity contribution in [3.05, 3.63) is 11.6 Å². The second kappa shape index (κ2) is 4.11. The topological polar surface area (TPSA) is 0 Å². The highest BCUT2D eigenvalue weighted by atomic mass is 14.3. The molecular formula is C12H22. The van der Waals surface area contributed by atoms with Crippen LogP contribution in [0.1, 0.15) is 47.0 Å². The van der Waals surface area contributed by atoms with Gasteiger partial charge in [0.2, 0.25) is 0 Å². The van der Waals surface area contributed by atoms with E-state index in [4.69, 9.17) is 0 Å². The third kappa shape index (κ3) is 2.66. The van der Waals surface area contributed by atoms with Crippen LogP contribution in [-0.2, 0) is 0 Å². The van der Waals surface area contributed by atoms with Gasteiger partial charge in [-0.05, 0) is 43.9 Å². The van der Waals surface area contributed by atoms with Gasteiger partial charge in [-0.25, -0.2) is 0 Å².